The summed E-state index contributed by atoms with van der Waals surface area (Å²) < 4.78 is 0. The van der Waals surface area contributed by atoms with E-state index >= 15 is 0 Å². The second-order valence-corrected chi connectivity index (χ2v) is 11.1. The molecule has 0 aromatic rings. The van der Waals surface area contributed by atoms with Crippen LogP contribution < -0.4 is 0 Å². The van der Waals surface area contributed by atoms with Crippen molar-refractivity contribution in [2.45, 2.75) is 73.6 Å². The summed E-state index contributed by atoms with van der Waals surface area (Å²) in [5.74, 6) is 3.99. The van der Waals surface area contributed by atoms with Crippen molar-refractivity contribution in [2.75, 3.05) is 0 Å². The molecule has 1 nitrogen and oxygen atoms in total. The Hall–Kier alpha value is -1.50. The predicted molar refractivity (Wildman–Crippen MR) is 124 cm³/mol. The molecule has 1 saturated carbocycles. The van der Waals surface area contributed by atoms with Gasteiger partial charge in [0.25, 0.3) is 0 Å². The Morgan fingerprint density at radius 3 is 2.55 bits per heavy atom. The number of fused-ring (bicyclic) bond motifs is 5. The number of aliphatic hydroxyl groups excluding tert-OH is 1. The largest absolute Gasteiger partial charge is 0.512 e. The fraction of sp³-hybridized carbons (Fsp3) is 0.643. The van der Waals surface area contributed by atoms with Crippen LogP contribution >= 0.6 is 0 Å². The lowest BCUT2D eigenvalue weighted by atomic mass is 9.55. The summed E-state index contributed by atoms with van der Waals surface area (Å²) in [7, 11) is 0. The van der Waals surface area contributed by atoms with Crippen LogP contribution in [0.25, 0.3) is 0 Å². The molecule has 0 aromatic carbocycles. The molecule has 4 aliphatic carbocycles. The second-order valence-electron chi connectivity index (χ2n) is 11.1. The topological polar surface area (TPSA) is 20.2 Å². The van der Waals surface area contributed by atoms with Crippen molar-refractivity contribution in [2.24, 2.45) is 40.4 Å². The Morgan fingerprint density at radius 2 is 1.83 bits per heavy atom. The highest BCUT2D eigenvalue weighted by molar-refractivity contribution is 5.56. The quantitative estimate of drug-likeness (QED) is 0.481. The van der Waals surface area contributed by atoms with Crippen molar-refractivity contribution in [1.29, 1.82) is 0 Å². The van der Waals surface area contributed by atoms with Gasteiger partial charge in [0, 0.05) is 11.8 Å². The van der Waals surface area contributed by atoms with E-state index in [1.807, 2.05) is 6.08 Å². The zero-order valence-corrected chi connectivity index (χ0v) is 19.3. The Labute approximate surface area is 178 Å². The lowest BCUT2D eigenvalue weighted by Crippen LogP contribution is -2.39. The van der Waals surface area contributed by atoms with E-state index in [0.29, 0.717) is 34.8 Å². The van der Waals surface area contributed by atoms with E-state index in [9.17, 15) is 5.11 Å². The molecule has 158 valence electrons. The number of hydrogen-bond donors (Lipinski definition) is 1. The van der Waals surface area contributed by atoms with Crippen LogP contribution in [0, 0.1) is 40.4 Å². The number of rotatable bonds is 4. The molecule has 0 aromatic heterocycles. The molecule has 0 bridgehead atoms. The molecule has 0 spiro atoms. The summed E-state index contributed by atoms with van der Waals surface area (Å²) in [5.41, 5.74) is 4.93. The fourth-order valence-electron chi connectivity index (χ4n) is 6.65. The lowest BCUT2D eigenvalue weighted by molar-refractivity contribution is 0.142. The first-order chi connectivity index (χ1) is 13.7. The zero-order chi connectivity index (χ0) is 21.0. The molecule has 0 amide bonds. The first-order valence-corrected chi connectivity index (χ1v) is 11.9. The number of hydrogen-bond acceptors (Lipinski definition) is 1. The molecule has 6 atom stereocenters. The minimum atomic E-state index is 0.0912. The van der Waals surface area contributed by atoms with Crippen molar-refractivity contribution >= 4 is 0 Å². The number of allylic oxidation sites excluding steroid dienone is 10. The Kier molecular flexibility index (Phi) is 5.24. The van der Waals surface area contributed by atoms with E-state index in [0.717, 1.165) is 18.8 Å². The molecule has 0 saturated heterocycles. The van der Waals surface area contributed by atoms with E-state index in [1.54, 1.807) is 11.1 Å². The van der Waals surface area contributed by atoms with Crippen LogP contribution in [0.3, 0.4) is 0 Å². The first kappa shape index (κ1) is 20.8. The van der Waals surface area contributed by atoms with E-state index in [2.05, 4.69) is 71.9 Å². The van der Waals surface area contributed by atoms with Crippen molar-refractivity contribution in [1.82, 2.24) is 0 Å². The van der Waals surface area contributed by atoms with Crippen LogP contribution in [-0.2, 0) is 0 Å². The minimum Gasteiger partial charge on any atom is -0.512 e. The monoisotopic (exact) mass is 392 g/mol. The Balaban J connectivity index is 1.62. The molecule has 1 N–H and O–H groups in total. The normalized spacial score (nSPS) is 38.4. The third kappa shape index (κ3) is 3.29. The van der Waals surface area contributed by atoms with Crippen LogP contribution in [0.2, 0.25) is 0 Å². The average Bonchev–Trinajstić information content (AvgIpc) is 3.03. The maximum Gasteiger partial charge on any atom is 0.0926 e. The summed E-state index contributed by atoms with van der Waals surface area (Å²) >= 11 is 0. The van der Waals surface area contributed by atoms with Gasteiger partial charge in [-0.15, -0.1) is 0 Å². The predicted octanol–water partition coefficient (Wildman–Crippen LogP) is 7.94. The molecular formula is C28H40O. The molecule has 0 aliphatic heterocycles. The molecule has 1 heteroatoms. The molecular weight excluding hydrogens is 352 g/mol. The lowest BCUT2D eigenvalue weighted by Gasteiger charge is -2.49. The molecule has 29 heavy (non-hydrogen) atoms. The highest BCUT2D eigenvalue weighted by atomic mass is 16.3. The van der Waals surface area contributed by atoms with Gasteiger partial charge in [-0.1, -0.05) is 71.9 Å². The fourth-order valence-corrected chi connectivity index (χ4v) is 6.65. The van der Waals surface area contributed by atoms with E-state index in [1.165, 1.54) is 24.8 Å². The summed E-state index contributed by atoms with van der Waals surface area (Å²) in [6.45, 7) is 14.4. The van der Waals surface area contributed by atoms with Gasteiger partial charge in [-0.3, -0.25) is 0 Å². The van der Waals surface area contributed by atoms with Crippen LogP contribution in [-0.4, -0.2) is 5.11 Å². The van der Waals surface area contributed by atoms with Gasteiger partial charge in [-0.25, -0.2) is 0 Å². The molecule has 1 fully saturated rings. The van der Waals surface area contributed by atoms with Crippen LogP contribution in [0.1, 0.15) is 73.6 Å². The molecule has 0 unspecified atom stereocenters. The van der Waals surface area contributed by atoms with E-state index in [4.69, 9.17) is 0 Å². The molecule has 0 radical (unpaired) electrons. The third-order valence-corrected chi connectivity index (χ3v) is 9.12. The van der Waals surface area contributed by atoms with E-state index in [-0.39, 0.29) is 5.41 Å². The van der Waals surface area contributed by atoms with Crippen LogP contribution in [0.5, 0.6) is 0 Å². The van der Waals surface area contributed by atoms with Crippen molar-refractivity contribution in [3.8, 4) is 0 Å². The molecule has 4 aliphatic rings. The molecule has 0 heterocycles. The van der Waals surface area contributed by atoms with Gasteiger partial charge in [-0.2, -0.15) is 0 Å². The summed E-state index contributed by atoms with van der Waals surface area (Å²) in [6.07, 6.45) is 20.0. The first-order valence-electron chi connectivity index (χ1n) is 11.9. The maximum atomic E-state index is 10.0. The van der Waals surface area contributed by atoms with Crippen molar-refractivity contribution < 1.29 is 5.11 Å². The van der Waals surface area contributed by atoms with Gasteiger partial charge in [0.05, 0.1) is 5.76 Å². The van der Waals surface area contributed by atoms with Crippen LogP contribution in [0.4, 0.5) is 0 Å². The highest BCUT2D eigenvalue weighted by Gasteiger charge is 2.53. The van der Waals surface area contributed by atoms with Gasteiger partial charge in [0.15, 0.2) is 0 Å². The van der Waals surface area contributed by atoms with E-state index < -0.39 is 0 Å². The smallest absolute Gasteiger partial charge is 0.0926 e. The summed E-state index contributed by atoms with van der Waals surface area (Å²) in [4.78, 5) is 0. The Bertz CT molecular complexity index is 819. The minimum absolute atomic E-state index is 0.0912. The molecule has 4 rings (SSSR count). The number of aliphatic hydroxyl groups is 1. The van der Waals surface area contributed by atoms with Gasteiger partial charge >= 0.3 is 0 Å². The zero-order valence-electron chi connectivity index (χ0n) is 19.3. The third-order valence-electron chi connectivity index (χ3n) is 9.12. The second kappa shape index (κ2) is 7.33. The van der Waals surface area contributed by atoms with Gasteiger partial charge in [0.2, 0.25) is 0 Å². The van der Waals surface area contributed by atoms with Gasteiger partial charge in [0.1, 0.15) is 0 Å². The standard InChI is InChI=1S/C28H40O/c1-18(2)19(3)7-8-20(4)24-11-12-25-23-10-9-21-17-22(29)13-15-27(21,5)26(23)14-16-28(24,25)6/h7-10,14,17-20,24-25,29H,11-13,15-16H2,1-6H3/b8-7+/t19-,20+,24+,25-,27-,28+/m0/s1. The SMILES string of the molecule is CC(C)[C@@H](C)/C=C/[C@@H](C)[C@H]1CC[C@H]2C3=CC=C4C=C(O)CC[C@]4(C)C3=CC[C@]12C. The van der Waals surface area contributed by atoms with Crippen molar-refractivity contribution in [3.05, 3.63) is 58.9 Å². The summed E-state index contributed by atoms with van der Waals surface area (Å²) in [5, 5.41) is 10.0. The Morgan fingerprint density at radius 1 is 1.07 bits per heavy atom. The summed E-state index contributed by atoms with van der Waals surface area (Å²) in [6, 6.07) is 0. The maximum absolute atomic E-state index is 10.0. The highest BCUT2D eigenvalue weighted by Crippen LogP contribution is 2.63. The average molecular weight is 393 g/mol. The van der Waals surface area contributed by atoms with Crippen molar-refractivity contribution in [3.63, 3.8) is 0 Å². The van der Waals surface area contributed by atoms with Gasteiger partial charge < -0.3 is 5.11 Å². The van der Waals surface area contributed by atoms with Crippen LogP contribution in [0.15, 0.2) is 58.9 Å². The van der Waals surface area contributed by atoms with Gasteiger partial charge in [-0.05, 0) is 83.5 Å².